The Morgan fingerprint density at radius 2 is 1.74 bits per heavy atom. The van der Waals surface area contributed by atoms with Gasteiger partial charge in [-0.25, -0.2) is 0 Å². The molecule has 144 valence electrons. The number of carbonyl (C=O) groups excluding carboxylic acids is 1. The Kier molecular flexibility index (Phi) is 7.31. The minimum absolute atomic E-state index is 0.0257. The van der Waals surface area contributed by atoms with Crippen molar-refractivity contribution in [2.45, 2.75) is 38.6 Å². The zero-order valence-corrected chi connectivity index (χ0v) is 16.8. The van der Waals surface area contributed by atoms with Gasteiger partial charge in [0.15, 0.2) is 0 Å². The average molecular weight is 385 g/mol. The monoisotopic (exact) mass is 384 g/mol. The van der Waals surface area contributed by atoms with Gasteiger partial charge < -0.3 is 10.2 Å². The van der Waals surface area contributed by atoms with Crippen LogP contribution < -0.4 is 5.32 Å². The number of hydrogen-bond acceptors (Lipinski definition) is 2. The number of likely N-dealkylation sites (tertiary alicyclic amines) is 1. The standard InChI is InChI=1S/C23H29ClN2O/c1-18(17-20-7-9-21(24)10-8-20)23(27)25-22-12-15-26(16-13-22)14-11-19-5-3-2-4-6-19/h2-10,18,22H,11-17H2,1H3,(H,25,27). The lowest BCUT2D eigenvalue weighted by Gasteiger charge is -2.33. The Balaban J connectivity index is 1.37. The third-order valence-electron chi connectivity index (χ3n) is 5.40. The number of piperidine rings is 1. The van der Waals surface area contributed by atoms with E-state index in [1.165, 1.54) is 5.56 Å². The number of hydrogen-bond donors (Lipinski definition) is 1. The summed E-state index contributed by atoms with van der Waals surface area (Å²) < 4.78 is 0. The number of carbonyl (C=O) groups is 1. The van der Waals surface area contributed by atoms with E-state index in [0.29, 0.717) is 6.04 Å². The first-order valence-corrected chi connectivity index (χ1v) is 10.3. The molecule has 3 nitrogen and oxygen atoms in total. The van der Waals surface area contributed by atoms with Gasteiger partial charge in [0.2, 0.25) is 5.91 Å². The first-order valence-electron chi connectivity index (χ1n) is 9.91. The SMILES string of the molecule is CC(Cc1ccc(Cl)cc1)C(=O)NC1CCN(CCc2ccccc2)CC1. The van der Waals surface area contributed by atoms with Crippen molar-refractivity contribution in [3.63, 3.8) is 0 Å². The quantitative estimate of drug-likeness (QED) is 0.770. The Morgan fingerprint density at radius 3 is 2.41 bits per heavy atom. The Morgan fingerprint density at radius 1 is 1.07 bits per heavy atom. The molecule has 1 amide bonds. The third kappa shape index (κ3) is 6.37. The highest BCUT2D eigenvalue weighted by Gasteiger charge is 2.22. The van der Waals surface area contributed by atoms with E-state index in [9.17, 15) is 4.79 Å². The van der Waals surface area contributed by atoms with E-state index in [1.807, 2.05) is 31.2 Å². The highest BCUT2D eigenvalue weighted by Crippen LogP contribution is 2.15. The van der Waals surface area contributed by atoms with Gasteiger partial charge in [0.05, 0.1) is 0 Å². The lowest BCUT2D eigenvalue weighted by atomic mass is 9.98. The number of halogens is 1. The Labute approximate surface area is 167 Å². The second-order valence-corrected chi connectivity index (χ2v) is 8.03. The van der Waals surface area contributed by atoms with E-state index >= 15 is 0 Å². The molecule has 0 aliphatic carbocycles. The second-order valence-electron chi connectivity index (χ2n) is 7.59. The van der Waals surface area contributed by atoms with Gasteiger partial charge >= 0.3 is 0 Å². The molecule has 1 aliphatic heterocycles. The molecular weight excluding hydrogens is 356 g/mol. The molecule has 0 radical (unpaired) electrons. The molecule has 3 rings (SSSR count). The fraction of sp³-hybridized carbons (Fsp3) is 0.435. The maximum Gasteiger partial charge on any atom is 0.223 e. The normalized spacial score (nSPS) is 16.8. The number of nitrogens with one attached hydrogen (secondary N) is 1. The van der Waals surface area contributed by atoms with Gasteiger partial charge in [0, 0.05) is 36.6 Å². The number of rotatable bonds is 7. The summed E-state index contributed by atoms with van der Waals surface area (Å²) in [5, 5.41) is 3.98. The number of nitrogens with zero attached hydrogens (tertiary/aromatic N) is 1. The van der Waals surface area contributed by atoms with Crippen LogP contribution >= 0.6 is 11.6 Å². The summed E-state index contributed by atoms with van der Waals surface area (Å²) in [4.78, 5) is 15.0. The minimum Gasteiger partial charge on any atom is -0.353 e. The van der Waals surface area contributed by atoms with E-state index in [1.54, 1.807) is 0 Å². The number of amides is 1. The summed E-state index contributed by atoms with van der Waals surface area (Å²) >= 11 is 5.93. The molecule has 1 saturated heterocycles. The summed E-state index contributed by atoms with van der Waals surface area (Å²) in [6.07, 6.45) is 3.91. The van der Waals surface area contributed by atoms with Crippen LogP contribution in [0.4, 0.5) is 0 Å². The molecule has 0 spiro atoms. The first-order chi connectivity index (χ1) is 13.1. The predicted molar refractivity (Wildman–Crippen MR) is 112 cm³/mol. The molecule has 0 bridgehead atoms. The van der Waals surface area contributed by atoms with Crippen LogP contribution in [0.2, 0.25) is 5.02 Å². The molecule has 2 aromatic rings. The molecule has 1 unspecified atom stereocenters. The molecule has 0 aromatic heterocycles. The van der Waals surface area contributed by atoms with Crippen LogP contribution in [0.5, 0.6) is 0 Å². The predicted octanol–water partition coefficient (Wildman–Crippen LogP) is 4.34. The van der Waals surface area contributed by atoms with Crippen LogP contribution in [0.25, 0.3) is 0 Å². The summed E-state index contributed by atoms with van der Waals surface area (Å²) in [6, 6.07) is 18.7. The topological polar surface area (TPSA) is 32.3 Å². The molecule has 27 heavy (non-hydrogen) atoms. The van der Waals surface area contributed by atoms with Crippen molar-refractivity contribution in [1.82, 2.24) is 10.2 Å². The molecule has 1 heterocycles. The molecule has 4 heteroatoms. The van der Waals surface area contributed by atoms with Crippen molar-refractivity contribution < 1.29 is 4.79 Å². The Hall–Kier alpha value is -1.84. The van der Waals surface area contributed by atoms with Crippen molar-refractivity contribution in [2.75, 3.05) is 19.6 Å². The fourth-order valence-corrected chi connectivity index (χ4v) is 3.77. The lowest BCUT2D eigenvalue weighted by Crippen LogP contribution is -2.46. The van der Waals surface area contributed by atoms with Crippen LogP contribution in [0, 0.1) is 5.92 Å². The Bertz CT molecular complexity index is 709. The largest absolute Gasteiger partial charge is 0.353 e. The van der Waals surface area contributed by atoms with Gasteiger partial charge in [0.1, 0.15) is 0 Å². The summed E-state index contributed by atoms with van der Waals surface area (Å²) in [6.45, 7) is 5.21. The third-order valence-corrected chi connectivity index (χ3v) is 5.65. The van der Waals surface area contributed by atoms with Crippen molar-refractivity contribution in [1.29, 1.82) is 0 Å². The van der Waals surface area contributed by atoms with E-state index in [4.69, 9.17) is 11.6 Å². The van der Waals surface area contributed by atoms with E-state index in [-0.39, 0.29) is 11.8 Å². The average Bonchev–Trinajstić information content (AvgIpc) is 2.70. The second kappa shape index (κ2) is 9.91. The van der Waals surface area contributed by atoms with Gasteiger partial charge in [-0.15, -0.1) is 0 Å². The van der Waals surface area contributed by atoms with Gasteiger partial charge in [-0.3, -0.25) is 4.79 Å². The minimum atomic E-state index is -0.0257. The maximum absolute atomic E-state index is 12.5. The zero-order chi connectivity index (χ0) is 19.1. The molecule has 0 saturated carbocycles. The van der Waals surface area contributed by atoms with Crippen molar-refractivity contribution >= 4 is 17.5 Å². The summed E-state index contributed by atoms with van der Waals surface area (Å²) in [7, 11) is 0. The zero-order valence-electron chi connectivity index (χ0n) is 16.0. The van der Waals surface area contributed by atoms with Crippen LogP contribution in [0.3, 0.4) is 0 Å². The van der Waals surface area contributed by atoms with Crippen LogP contribution in [-0.4, -0.2) is 36.5 Å². The number of benzene rings is 2. The van der Waals surface area contributed by atoms with Crippen molar-refractivity contribution in [3.8, 4) is 0 Å². The first kappa shape index (κ1) is 19.9. The highest BCUT2D eigenvalue weighted by atomic mass is 35.5. The molecule has 1 atom stereocenters. The molecule has 1 N–H and O–H groups in total. The van der Waals surface area contributed by atoms with Crippen molar-refractivity contribution in [3.05, 3.63) is 70.7 Å². The van der Waals surface area contributed by atoms with Gasteiger partial charge in [-0.1, -0.05) is 61.0 Å². The molecular formula is C23H29ClN2O. The fourth-order valence-electron chi connectivity index (χ4n) is 3.64. The van der Waals surface area contributed by atoms with Gasteiger partial charge in [-0.2, -0.15) is 0 Å². The van der Waals surface area contributed by atoms with Gasteiger partial charge in [0.25, 0.3) is 0 Å². The van der Waals surface area contributed by atoms with Crippen LogP contribution in [0.15, 0.2) is 54.6 Å². The van der Waals surface area contributed by atoms with E-state index < -0.39 is 0 Å². The summed E-state index contributed by atoms with van der Waals surface area (Å²) in [5.41, 5.74) is 2.54. The van der Waals surface area contributed by atoms with Crippen molar-refractivity contribution in [2.24, 2.45) is 5.92 Å². The summed E-state index contributed by atoms with van der Waals surface area (Å²) in [5.74, 6) is 0.134. The van der Waals surface area contributed by atoms with E-state index in [0.717, 1.165) is 55.9 Å². The molecule has 1 aliphatic rings. The maximum atomic E-state index is 12.5. The lowest BCUT2D eigenvalue weighted by molar-refractivity contribution is -0.125. The van der Waals surface area contributed by atoms with Crippen LogP contribution in [0.1, 0.15) is 30.9 Å². The van der Waals surface area contributed by atoms with E-state index in [2.05, 4.69) is 40.5 Å². The molecule has 2 aromatic carbocycles. The molecule has 1 fully saturated rings. The highest BCUT2D eigenvalue weighted by molar-refractivity contribution is 6.30. The van der Waals surface area contributed by atoms with Crippen LogP contribution in [-0.2, 0) is 17.6 Å². The van der Waals surface area contributed by atoms with Gasteiger partial charge in [-0.05, 0) is 48.9 Å². The smallest absolute Gasteiger partial charge is 0.223 e.